The number of piperidine rings is 3. The van der Waals surface area contributed by atoms with E-state index in [0.717, 1.165) is 88.8 Å². The number of rotatable bonds is 12. The average molecular weight is 900 g/mol. The minimum atomic E-state index is -3.47. The molecule has 4 fully saturated rings. The van der Waals surface area contributed by atoms with Crippen molar-refractivity contribution >= 4 is 73.6 Å². The molecule has 334 valence electrons. The Balaban J connectivity index is 0.702. The molecule has 0 saturated carbocycles. The van der Waals surface area contributed by atoms with Crippen LogP contribution in [0.2, 0.25) is 5.02 Å². The van der Waals surface area contributed by atoms with Crippen LogP contribution in [0.15, 0.2) is 66.9 Å². The van der Waals surface area contributed by atoms with Gasteiger partial charge in [-0.1, -0.05) is 35.9 Å². The SMILES string of the molecule is CS(=O)(=O)N1CCc2cccc(Nc3nc(Nc4ccc(N5CCC(N6CCN(CCC7CCN(c8ccc(C9CCC(=O)NC9=O)cc8)CC7)CC6)CC5)c(F)c4)ncc3Cl)c21. The molecule has 3 N–H and O–H groups in total. The zero-order valence-corrected chi connectivity index (χ0v) is 37.3. The summed E-state index contributed by atoms with van der Waals surface area (Å²) in [5.74, 6) is 0.328. The highest BCUT2D eigenvalue weighted by atomic mass is 35.5. The summed E-state index contributed by atoms with van der Waals surface area (Å²) in [4.78, 5) is 42.6. The van der Waals surface area contributed by atoms with E-state index in [1.54, 1.807) is 6.07 Å². The molecule has 1 unspecified atom stereocenters. The van der Waals surface area contributed by atoms with Crippen molar-refractivity contribution in [3.05, 3.63) is 88.8 Å². The van der Waals surface area contributed by atoms with Crippen LogP contribution in [0.1, 0.15) is 62.0 Å². The molecule has 0 bridgehead atoms. The van der Waals surface area contributed by atoms with Gasteiger partial charge in [0.2, 0.25) is 27.8 Å². The standard InChI is InChI=1S/C46H56ClFN10O4S/c1-63(61,62)58-24-16-33-3-2-4-40(43(33)58)51-44-38(47)30-49-46(53-44)50-34-7-11-41(39(48)29-34)57-22-17-36(18-23-57)56-27-25-54(26-28-56)19-13-31-14-20-55(21-15-31)35-8-5-32(6-9-35)37-10-12-42(59)52-45(37)60/h2-9,11,29-31,36-37H,10,12-28H2,1H3,(H,52,59,60)(H2,49,50,51,53). The molecule has 1 aromatic heterocycles. The zero-order valence-electron chi connectivity index (χ0n) is 35.7. The van der Waals surface area contributed by atoms with Crippen molar-refractivity contribution in [3.8, 4) is 0 Å². The second-order valence-electron chi connectivity index (χ2n) is 17.6. The summed E-state index contributed by atoms with van der Waals surface area (Å²) in [5, 5.41) is 9.02. The summed E-state index contributed by atoms with van der Waals surface area (Å²) < 4.78 is 42.0. The first-order valence-electron chi connectivity index (χ1n) is 22.3. The number of anilines is 7. The highest BCUT2D eigenvalue weighted by Crippen LogP contribution is 2.39. The molecule has 4 saturated heterocycles. The van der Waals surface area contributed by atoms with Gasteiger partial charge in [-0.2, -0.15) is 4.98 Å². The van der Waals surface area contributed by atoms with Gasteiger partial charge in [0.05, 0.1) is 35.4 Å². The largest absolute Gasteiger partial charge is 0.372 e. The molecule has 6 heterocycles. The highest BCUT2D eigenvalue weighted by molar-refractivity contribution is 7.92. The smallest absolute Gasteiger partial charge is 0.234 e. The molecule has 63 heavy (non-hydrogen) atoms. The maximum absolute atomic E-state index is 15.7. The van der Waals surface area contributed by atoms with Crippen molar-refractivity contribution in [2.24, 2.45) is 5.92 Å². The maximum Gasteiger partial charge on any atom is 0.234 e. The number of carbonyl (C=O) groups is 2. The van der Waals surface area contributed by atoms with Gasteiger partial charge in [-0.05, 0) is 105 Å². The van der Waals surface area contributed by atoms with Crippen LogP contribution in [-0.4, -0.2) is 118 Å². The van der Waals surface area contributed by atoms with Crippen molar-refractivity contribution in [1.29, 1.82) is 0 Å². The summed E-state index contributed by atoms with van der Waals surface area (Å²) in [6.45, 7) is 9.53. The van der Waals surface area contributed by atoms with Crippen molar-refractivity contribution in [1.82, 2.24) is 25.1 Å². The normalized spacial score (nSPS) is 20.8. The highest BCUT2D eigenvalue weighted by Gasteiger charge is 2.32. The topological polar surface area (TPSA) is 146 Å². The summed E-state index contributed by atoms with van der Waals surface area (Å²) in [7, 11) is -3.47. The predicted octanol–water partition coefficient (Wildman–Crippen LogP) is 6.49. The average Bonchev–Trinajstić information content (AvgIpc) is 3.74. The molecular weight excluding hydrogens is 843 g/mol. The van der Waals surface area contributed by atoms with Gasteiger partial charge < -0.3 is 25.3 Å². The third kappa shape index (κ3) is 9.88. The van der Waals surface area contributed by atoms with Gasteiger partial charge in [0.1, 0.15) is 10.8 Å². The Bertz CT molecular complexity index is 2420. The molecule has 5 aliphatic heterocycles. The number of benzene rings is 3. The van der Waals surface area contributed by atoms with Crippen molar-refractivity contribution in [2.45, 2.75) is 63.3 Å². The molecule has 0 radical (unpaired) electrons. The summed E-state index contributed by atoms with van der Waals surface area (Å²) in [5.41, 5.74) is 5.34. The third-order valence-corrected chi connectivity index (χ3v) is 15.1. The molecule has 17 heteroatoms. The van der Waals surface area contributed by atoms with Crippen molar-refractivity contribution in [3.63, 3.8) is 0 Å². The minimum Gasteiger partial charge on any atom is -0.372 e. The quantitative estimate of drug-likeness (QED) is 0.134. The number of aromatic nitrogens is 2. The number of para-hydroxylation sites is 1. The first-order chi connectivity index (χ1) is 30.4. The van der Waals surface area contributed by atoms with Gasteiger partial charge in [-0.15, -0.1) is 0 Å². The van der Waals surface area contributed by atoms with Crippen molar-refractivity contribution in [2.75, 3.05) is 96.4 Å². The number of amides is 2. The Morgan fingerprint density at radius 1 is 0.841 bits per heavy atom. The van der Waals surface area contributed by atoms with Gasteiger partial charge in [-0.25, -0.2) is 17.8 Å². The molecule has 0 aliphatic carbocycles. The number of fused-ring (bicyclic) bond motifs is 1. The van der Waals surface area contributed by atoms with Crippen LogP contribution >= 0.6 is 11.6 Å². The summed E-state index contributed by atoms with van der Waals surface area (Å²) in [6.07, 6.45) is 9.84. The Morgan fingerprint density at radius 2 is 1.59 bits per heavy atom. The van der Waals surface area contributed by atoms with E-state index in [0.29, 0.717) is 60.4 Å². The summed E-state index contributed by atoms with van der Waals surface area (Å²) in [6, 6.07) is 19.5. The van der Waals surface area contributed by atoms with Crippen molar-refractivity contribution < 1.29 is 22.4 Å². The van der Waals surface area contributed by atoms with Gasteiger partial charge >= 0.3 is 0 Å². The lowest BCUT2D eigenvalue weighted by Gasteiger charge is -2.43. The number of nitrogens with one attached hydrogen (secondary N) is 3. The third-order valence-electron chi connectivity index (χ3n) is 13.7. The van der Waals surface area contributed by atoms with Crippen LogP contribution in [0.4, 0.5) is 44.6 Å². The fraction of sp³-hybridized carbons (Fsp3) is 0.478. The lowest BCUT2D eigenvalue weighted by atomic mass is 9.90. The van der Waals surface area contributed by atoms with Gasteiger partial charge in [0, 0.05) is 82.7 Å². The second kappa shape index (κ2) is 18.6. The number of carbonyl (C=O) groups excluding carboxylic acids is 2. The summed E-state index contributed by atoms with van der Waals surface area (Å²) >= 11 is 6.47. The monoisotopic (exact) mass is 898 g/mol. The number of nitrogens with zero attached hydrogens (tertiary/aromatic N) is 7. The minimum absolute atomic E-state index is 0.180. The Kier molecular flexibility index (Phi) is 12.8. The van der Waals surface area contributed by atoms with Crippen LogP contribution in [0, 0.1) is 11.7 Å². The molecule has 2 amide bonds. The lowest BCUT2D eigenvalue weighted by Crippen LogP contribution is -2.53. The molecule has 9 rings (SSSR count). The molecule has 4 aromatic rings. The van der Waals surface area contributed by atoms with E-state index in [9.17, 15) is 18.0 Å². The van der Waals surface area contributed by atoms with Gasteiger partial charge in [-0.3, -0.25) is 24.1 Å². The van der Waals surface area contributed by atoms with E-state index in [-0.39, 0.29) is 34.5 Å². The van der Waals surface area contributed by atoms with E-state index >= 15 is 4.39 Å². The fourth-order valence-electron chi connectivity index (χ4n) is 10.1. The van der Waals surface area contributed by atoms with Crippen LogP contribution in [0.3, 0.4) is 0 Å². The maximum atomic E-state index is 15.7. The fourth-order valence-corrected chi connectivity index (χ4v) is 11.2. The molecule has 14 nitrogen and oxygen atoms in total. The van der Waals surface area contributed by atoms with Crippen LogP contribution in [0.5, 0.6) is 0 Å². The molecule has 1 atom stereocenters. The van der Waals surface area contributed by atoms with Crippen LogP contribution in [0.25, 0.3) is 0 Å². The number of halogens is 2. The number of hydrogen-bond acceptors (Lipinski definition) is 12. The lowest BCUT2D eigenvalue weighted by molar-refractivity contribution is -0.134. The van der Waals surface area contributed by atoms with E-state index < -0.39 is 10.0 Å². The van der Waals surface area contributed by atoms with Gasteiger partial charge in [0.25, 0.3) is 0 Å². The Morgan fingerprint density at radius 3 is 2.30 bits per heavy atom. The first-order valence-corrected chi connectivity index (χ1v) is 24.5. The van der Waals surface area contributed by atoms with E-state index in [1.165, 1.54) is 47.8 Å². The molecule has 5 aliphatic rings. The first kappa shape index (κ1) is 43.2. The Labute approximate surface area is 374 Å². The van der Waals surface area contributed by atoms with E-state index in [1.807, 2.05) is 24.3 Å². The number of imide groups is 1. The van der Waals surface area contributed by atoms with Crippen LogP contribution in [-0.2, 0) is 26.0 Å². The van der Waals surface area contributed by atoms with E-state index in [4.69, 9.17) is 11.6 Å². The second-order valence-corrected chi connectivity index (χ2v) is 19.9. The Hall–Kier alpha value is -5.03. The molecular formula is C46H56ClFN10O4S. The van der Waals surface area contributed by atoms with Crippen LogP contribution < -0.4 is 30.1 Å². The number of hydrogen-bond donors (Lipinski definition) is 3. The zero-order chi connectivity index (χ0) is 43.7. The number of piperazine rings is 1. The number of sulfonamides is 1. The predicted molar refractivity (Wildman–Crippen MR) is 247 cm³/mol. The molecule has 0 spiro atoms. The van der Waals surface area contributed by atoms with E-state index in [2.05, 4.69) is 69.8 Å². The molecule has 3 aromatic carbocycles. The van der Waals surface area contributed by atoms with Gasteiger partial charge in [0.15, 0.2) is 5.82 Å².